The van der Waals surface area contributed by atoms with E-state index in [2.05, 4.69) is 30.7 Å². The number of likely N-dealkylation sites (N-methyl/N-ethyl adjacent to an activating group) is 1. The van der Waals surface area contributed by atoms with Gasteiger partial charge >= 0.3 is 0 Å². The highest BCUT2D eigenvalue weighted by atomic mass is 127. The second kappa shape index (κ2) is 11.3. The van der Waals surface area contributed by atoms with Gasteiger partial charge in [-0.05, 0) is 37.9 Å². The van der Waals surface area contributed by atoms with Crippen LogP contribution in [0.15, 0.2) is 29.4 Å². The van der Waals surface area contributed by atoms with Crippen molar-refractivity contribution >= 4 is 41.5 Å². The van der Waals surface area contributed by atoms with Crippen molar-refractivity contribution in [3.05, 3.63) is 30.2 Å². The highest BCUT2D eigenvalue weighted by Crippen LogP contribution is 2.18. The average Bonchev–Trinajstić information content (AvgIpc) is 3.33. The van der Waals surface area contributed by atoms with E-state index in [9.17, 15) is 4.79 Å². The van der Waals surface area contributed by atoms with Crippen LogP contribution in [0.5, 0.6) is 0 Å². The Labute approximate surface area is 189 Å². The molecule has 1 unspecified atom stereocenters. The molecule has 160 valence electrons. The normalized spacial score (nSPS) is 17.2. The van der Waals surface area contributed by atoms with Crippen LogP contribution >= 0.6 is 24.0 Å². The Balaban J connectivity index is 0.00000300. The number of hydrogen-bond donors (Lipinski definition) is 2. The molecule has 1 aliphatic rings. The molecule has 0 saturated carbocycles. The third-order valence-corrected chi connectivity index (χ3v) is 5.03. The summed E-state index contributed by atoms with van der Waals surface area (Å²) in [5.74, 6) is 1.78. The minimum atomic E-state index is 0. The summed E-state index contributed by atoms with van der Waals surface area (Å²) in [5.41, 5.74) is 0.828. The molecule has 0 radical (unpaired) electrons. The van der Waals surface area contributed by atoms with Crippen molar-refractivity contribution in [3.8, 4) is 0 Å². The van der Waals surface area contributed by atoms with Crippen LogP contribution in [-0.2, 0) is 11.3 Å². The van der Waals surface area contributed by atoms with Crippen LogP contribution in [0.1, 0.15) is 25.1 Å². The first-order valence-electron chi connectivity index (χ1n) is 9.78. The van der Waals surface area contributed by atoms with Gasteiger partial charge < -0.3 is 15.5 Å². The molecule has 9 nitrogen and oxygen atoms in total. The lowest BCUT2D eigenvalue weighted by Crippen LogP contribution is -2.44. The Kier molecular flexibility index (Phi) is 9.08. The van der Waals surface area contributed by atoms with Gasteiger partial charge in [-0.3, -0.25) is 19.1 Å². The monoisotopic (exact) mass is 514 g/mol. The van der Waals surface area contributed by atoms with E-state index in [1.165, 1.54) is 0 Å². The number of carbonyl (C=O) groups excluding carboxylic acids is 1. The number of nitrogens with zero attached hydrogens (tertiary/aromatic N) is 6. The van der Waals surface area contributed by atoms with E-state index in [0.29, 0.717) is 6.54 Å². The third-order valence-electron chi connectivity index (χ3n) is 5.03. The number of rotatable bonds is 7. The van der Waals surface area contributed by atoms with Gasteiger partial charge in [0.15, 0.2) is 17.4 Å². The van der Waals surface area contributed by atoms with E-state index < -0.39 is 0 Å². The zero-order chi connectivity index (χ0) is 19.9. The number of amides is 1. The summed E-state index contributed by atoms with van der Waals surface area (Å²) in [5, 5.41) is 15.0. The fourth-order valence-corrected chi connectivity index (χ4v) is 3.56. The SMILES string of the molecule is CN=C(NCCCN1CCCC1C(=O)N(C)C)NCc1nnc2ccccn12.I. The van der Waals surface area contributed by atoms with Crippen LogP contribution in [-0.4, -0.2) is 83.1 Å². The van der Waals surface area contributed by atoms with Crippen molar-refractivity contribution in [1.29, 1.82) is 0 Å². The first-order valence-corrected chi connectivity index (χ1v) is 9.78. The number of hydrogen-bond acceptors (Lipinski definition) is 5. The molecular weight excluding hydrogens is 483 g/mol. The van der Waals surface area contributed by atoms with Crippen LogP contribution in [0, 0.1) is 0 Å². The molecule has 0 aromatic carbocycles. The van der Waals surface area contributed by atoms with Gasteiger partial charge in [0.1, 0.15) is 0 Å². The minimum Gasteiger partial charge on any atom is -0.356 e. The lowest BCUT2D eigenvalue weighted by atomic mass is 10.2. The molecule has 0 bridgehead atoms. The van der Waals surface area contributed by atoms with Gasteiger partial charge in [-0.15, -0.1) is 34.2 Å². The molecule has 29 heavy (non-hydrogen) atoms. The van der Waals surface area contributed by atoms with Crippen molar-refractivity contribution in [2.75, 3.05) is 40.8 Å². The number of pyridine rings is 1. The molecule has 1 aliphatic heterocycles. The van der Waals surface area contributed by atoms with Crippen molar-refractivity contribution in [2.24, 2.45) is 4.99 Å². The quantitative estimate of drug-likeness (QED) is 0.248. The fraction of sp³-hybridized carbons (Fsp3) is 0.579. The van der Waals surface area contributed by atoms with E-state index in [0.717, 1.165) is 56.3 Å². The van der Waals surface area contributed by atoms with Gasteiger partial charge in [-0.1, -0.05) is 6.07 Å². The maximum Gasteiger partial charge on any atom is 0.239 e. The van der Waals surface area contributed by atoms with E-state index in [1.54, 1.807) is 11.9 Å². The summed E-state index contributed by atoms with van der Waals surface area (Å²) in [7, 11) is 5.41. The third kappa shape index (κ3) is 6.01. The number of aliphatic imine (C=N–C) groups is 1. The number of guanidine groups is 1. The molecule has 2 N–H and O–H groups in total. The second-order valence-electron chi connectivity index (χ2n) is 7.18. The standard InChI is InChI=1S/C19H30N8O.HI/c1-20-19(22-14-17-24-23-16-9-4-5-13-27(16)17)21-10-7-12-26-11-6-8-15(26)18(28)25(2)3;/h4-5,9,13,15H,6-8,10-12,14H2,1-3H3,(H2,20,21,22);1H. The van der Waals surface area contributed by atoms with E-state index in [-0.39, 0.29) is 35.9 Å². The Morgan fingerprint density at radius 1 is 1.31 bits per heavy atom. The highest BCUT2D eigenvalue weighted by Gasteiger charge is 2.30. The maximum atomic E-state index is 12.3. The number of likely N-dealkylation sites (tertiary alicyclic amines) is 1. The number of aromatic nitrogens is 3. The zero-order valence-corrected chi connectivity index (χ0v) is 19.7. The molecule has 0 spiro atoms. The molecule has 3 heterocycles. The Morgan fingerprint density at radius 2 is 2.14 bits per heavy atom. The summed E-state index contributed by atoms with van der Waals surface area (Å²) in [4.78, 5) is 20.5. The van der Waals surface area contributed by atoms with Gasteiger partial charge in [0, 0.05) is 40.4 Å². The van der Waals surface area contributed by atoms with Crippen LogP contribution in [0.3, 0.4) is 0 Å². The lowest BCUT2D eigenvalue weighted by Gasteiger charge is -2.26. The van der Waals surface area contributed by atoms with Crippen molar-refractivity contribution in [2.45, 2.75) is 31.8 Å². The average molecular weight is 514 g/mol. The van der Waals surface area contributed by atoms with Gasteiger partial charge in [0.05, 0.1) is 12.6 Å². The molecule has 2 aromatic heterocycles. The summed E-state index contributed by atoms with van der Waals surface area (Å²) >= 11 is 0. The molecule has 10 heteroatoms. The van der Waals surface area contributed by atoms with Crippen LogP contribution in [0.25, 0.3) is 5.65 Å². The molecule has 2 aromatic rings. The predicted octanol–water partition coefficient (Wildman–Crippen LogP) is 0.955. The fourth-order valence-electron chi connectivity index (χ4n) is 3.56. The molecular formula is C19H31IN8O. The topological polar surface area (TPSA) is 90.2 Å². The molecule has 3 rings (SSSR count). The lowest BCUT2D eigenvalue weighted by molar-refractivity contribution is -0.133. The number of fused-ring (bicyclic) bond motifs is 1. The maximum absolute atomic E-state index is 12.3. The van der Waals surface area contributed by atoms with Crippen molar-refractivity contribution in [1.82, 2.24) is 35.0 Å². The van der Waals surface area contributed by atoms with Gasteiger partial charge in [0.25, 0.3) is 0 Å². The predicted molar refractivity (Wildman–Crippen MR) is 125 cm³/mol. The van der Waals surface area contributed by atoms with E-state index >= 15 is 0 Å². The minimum absolute atomic E-state index is 0. The Bertz CT molecular complexity index is 821. The van der Waals surface area contributed by atoms with Crippen LogP contribution < -0.4 is 10.6 Å². The molecule has 1 amide bonds. The van der Waals surface area contributed by atoms with Gasteiger partial charge in [-0.2, -0.15) is 0 Å². The van der Waals surface area contributed by atoms with E-state index in [4.69, 9.17) is 0 Å². The smallest absolute Gasteiger partial charge is 0.239 e. The molecule has 0 aliphatic carbocycles. The summed E-state index contributed by atoms with van der Waals surface area (Å²) in [6.45, 7) is 3.23. The van der Waals surface area contributed by atoms with Crippen molar-refractivity contribution < 1.29 is 4.79 Å². The van der Waals surface area contributed by atoms with Crippen LogP contribution in [0.2, 0.25) is 0 Å². The van der Waals surface area contributed by atoms with Gasteiger partial charge in [0.2, 0.25) is 5.91 Å². The molecule has 1 atom stereocenters. The number of carbonyl (C=O) groups is 1. The molecule has 1 saturated heterocycles. The summed E-state index contributed by atoms with van der Waals surface area (Å²) in [6, 6.07) is 5.86. The first kappa shape index (κ1) is 23.3. The summed E-state index contributed by atoms with van der Waals surface area (Å²) < 4.78 is 1.95. The second-order valence-corrected chi connectivity index (χ2v) is 7.18. The van der Waals surface area contributed by atoms with Crippen molar-refractivity contribution in [3.63, 3.8) is 0 Å². The summed E-state index contributed by atoms with van der Waals surface area (Å²) in [6.07, 6.45) is 4.95. The van der Waals surface area contributed by atoms with E-state index in [1.807, 2.05) is 42.9 Å². The Hall–Kier alpha value is -1.95. The van der Waals surface area contributed by atoms with Crippen LogP contribution in [0.4, 0.5) is 0 Å². The van der Waals surface area contributed by atoms with Gasteiger partial charge in [-0.25, -0.2) is 0 Å². The highest BCUT2D eigenvalue weighted by molar-refractivity contribution is 14.0. The number of halogens is 1. The zero-order valence-electron chi connectivity index (χ0n) is 17.3. The molecule has 1 fully saturated rings. The first-order chi connectivity index (χ1) is 13.6. The largest absolute Gasteiger partial charge is 0.356 e. The number of nitrogens with one attached hydrogen (secondary N) is 2. The Morgan fingerprint density at radius 3 is 2.90 bits per heavy atom.